The first-order valence-corrected chi connectivity index (χ1v) is 11.0. The third-order valence-electron chi connectivity index (χ3n) is 4.45. The third-order valence-corrected chi connectivity index (χ3v) is 6.58. The summed E-state index contributed by atoms with van der Waals surface area (Å²) in [5.41, 5.74) is 1.18. The van der Waals surface area contributed by atoms with Crippen LogP contribution in [0.4, 0.5) is 0 Å². The summed E-state index contributed by atoms with van der Waals surface area (Å²) in [5, 5.41) is 3.73. The van der Waals surface area contributed by atoms with Gasteiger partial charge in [-0.05, 0) is 31.2 Å². The number of amides is 1. The standard InChI is InChI=1S/C18H25N3O2S2/c1-2-3-4-5-9-19-15(22)11-24-10-14-20-17(23)16-12-7-6-8-13(12)25-18(16)21-14/h2-11H2,1H3,(H,19,22)(H,20,21,23). The number of aromatic amines is 1. The van der Waals surface area contributed by atoms with Crippen molar-refractivity contribution in [2.45, 2.75) is 57.6 Å². The van der Waals surface area contributed by atoms with Crippen molar-refractivity contribution in [3.8, 4) is 0 Å². The predicted octanol–water partition coefficient (Wildman–Crippen LogP) is 3.40. The summed E-state index contributed by atoms with van der Waals surface area (Å²) >= 11 is 3.14. The lowest BCUT2D eigenvalue weighted by molar-refractivity contribution is -0.118. The van der Waals surface area contributed by atoms with E-state index in [4.69, 9.17) is 0 Å². The summed E-state index contributed by atoms with van der Waals surface area (Å²) < 4.78 is 0. The number of nitrogens with zero attached hydrogens (tertiary/aromatic N) is 1. The number of rotatable bonds is 9. The van der Waals surface area contributed by atoms with Crippen molar-refractivity contribution in [2.24, 2.45) is 0 Å². The largest absolute Gasteiger partial charge is 0.355 e. The van der Waals surface area contributed by atoms with E-state index in [1.54, 1.807) is 11.3 Å². The van der Waals surface area contributed by atoms with Crippen LogP contribution in [0, 0.1) is 0 Å². The molecule has 0 aromatic carbocycles. The van der Waals surface area contributed by atoms with Gasteiger partial charge in [0.1, 0.15) is 10.7 Å². The molecule has 2 heterocycles. The van der Waals surface area contributed by atoms with Gasteiger partial charge in [0, 0.05) is 11.4 Å². The van der Waals surface area contributed by atoms with E-state index in [0.29, 0.717) is 17.3 Å². The van der Waals surface area contributed by atoms with Gasteiger partial charge >= 0.3 is 0 Å². The lowest BCUT2D eigenvalue weighted by Gasteiger charge is -2.05. The zero-order valence-electron chi connectivity index (χ0n) is 14.7. The summed E-state index contributed by atoms with van der Waals surface area (Å²) in [5.74, 6) is 1.67. The van der Waals surface area contributed by atoms with Crippen LogP contribution < -0.4 is 10.9 Å². The van der Waals surface area contributed by atoms with Crippen LogP contribution in [0.2, 0.25) is 0 Å². The number of nitrogens with one attached hydrogen (secondary N) is 2. The van der Waals surface area contributed by atoms with Gasteiger partial charge in [-0.1, -0.05) is 26.2 Å². The maximum absolute atomic E-state index is 12.4. The Morgan fingerprint density at radius 3 is 3.04 bits per heavy atom. The van der Waals surface area contributed by atoms with E-state index < -0.39 is 0 Å². The molecule has 25 heavy (non-hydrogen) atoms. The SMILES string of the molecule is CCCCCCNC(=O)CSCc1nc2sc3c(c2c(=O)[nH]1)CCC3. The summed E-state index contributed by atoms with van der Waals surface area (Å²) in [4.78, 5) is 33.9. The van der Waals surface area contributed by atoms with E-state index in [1.807, 2.05) is 0 Å². The van der Waals surface area contributed by atoms with Gasteiger partial charge in [-0.25, -0.2) is 4.98 Å². The second-order valence-electron chi connectivity index (χ2n) is 6.45. The van der Waals surface area contributed by atoms with E-state index in [0.717, 1.165) is 42.4 Å². The van der Waals surface area contributed by atoms with E-state index in [-0.39, 0.29) is 11.5 Å². The van der Waals surface area contributed by atoms with Crippen molar-refractivity contribution < 1.29 is 4.79 Å². The number of aryl methyl sites for hydroxylation is 2. The van der Waals surface area contributed by atoms with E-state index in [9.17, 15) is 9.59 Å². The fraction of sp³-hybridized carbons (Fsp3) is 0.611. The van der Waals surface area contributed by atoms with Crippen LogP contribution in [0.15, 0.2) is 4.79 Å². The molecule has 2 aromatic rings. The molecule has 0 radical (unpaired) electrons. The molecule has 1 aliphatic rings. The highest BCUT2D eigenvalue weighted by Gasteiger charge is 2.21. The Balaban J connectivity index is 1.49. The topological polar surface area (TPSA) is 74.8 Å². The number of thioether (sulfide) groups is 1. The van der Waals surface area contributed by atoms with Crippen molar-refractivity contribution >= 4 is 39.2 Å². The fourth-order valence-electron chi connectivity index (χ4n) is 3.19. The van der Waals surface area contributed by atoms with Crippen LogP contribution in [-0.4, -0.2) is 28.2 Å². The van der Waals surface area contributed by atoms with Crippen molar-refractivity contribution in [1.82, 2.24) is 15.3 Å². The van der Waals surface area contributed by atoms with Crippen LogP contribution in [0.3, 0.4) is 0 Å². The second-order valence-corrected chi connectivity index (χ2v) is 8.52. The molecular formula is C18H25N3O2S2. The quantitative estimate of drug-likeness (QED) is 0.655. The highest BCUT2D eigenvalue weighted by molar-refractivity contribution is 7.99. The van der Waals surface area contributed by atoms with Crippen molar-refractivity contribution in [2.75, 3.05) is 12.3 Å². The Hall–Kier alpha value is -1.34. The Bertz CT molecular complexity index is 797. The molecule has 3 rings (SSSR count). The molecule has 0 unspecified atom stereocenters. The molecule has 2 aromatic heterocycles. The number of carbonyl (C=O) groups is 1. The first-order valence-electron chi connectivity index (χ1n) is 9.07. The number of unbranched alkanes of at least 4 members (excludes halogenated alkanes) is 3. The average Bonchev–Trinajstić information content (AvgIpc) is 3.15. The fourth-order valence-corrected chi connectivity index (χ4v) is 5.19. The van der Waals surface area contributed by atoms with Gasteiger partial charge in [0.25, 0.3) is 5.56 Å². The minimum atomic E-state index is -0.0274. The molecule has 0 atom stereocenters. The number of H-pyrrole nitrogens is 1. The first-order chi connectivity index (χ1) is 12.2. The predicted molar refractivity (Wildman–Crippen MR) is 106 cm³/mol. The lowest BCUT2D eigenvalue weighted by Crippen LogP contribution is -2.26. The Kier molecular flexibility index (Phi) is 6.53. The highest BCUT2D eigenvalue weighted by Crippen LogP contribution is 2.34. The van der Waals surface area contributed by atoms with Gasteiger partial charge in [0.15, 0.2) is 0 Å². The second kappa shape index (κ2) is 8.85. The highest BCUT2D eigenvalue weighted by atomic mass is 32.2. The lowest BCUT2D eigenvalue weighted by atomic mass is 10.2. The molecule has 0 saturated heterocycles. The summed E-state index contributed by atoms with van der Waals surface area (Å²) in [7, 11) is 0. The molecular weight excluding hydrogens is 354 g/mol. The summed E-state index contributed by atoms with van der Waals surface area (Å²) in [6, 6.07) is 0. The van der Waals surface area contributed by atoms with Crippen LogP contribution in [0.5, 0.6) is 0 Å². The Labute approximate surface area is 156 Å². The van der Waals surface area contributed by atoms with Crippen LogP contribution in [0.1, 0.15) is 55.3 Å². The number of hydrogen-bond acceptors (Lipinski definition) is 5. The summed E-state index contributed by atoms with van der Waals surface area (Å²) in [6.07, 6.45) is 7.83. The maximum Gasteiger partial charge on any atom is 0.259 e. The van der Waals surface area contributed by atoms with Gasteiger partial charge in [-0.3, -0.25) is 9.59 Å². The van der Waals surface area contributed by atoms with Gasteiger partial charge in [0.05, 0.1) is 16.9 Å². The van der Waals surface area contributed by atoms with Crippen LogP contribution in [-0.2, 0) is 23.4 Å². The molecule has 5 nitrogen and oxygen atoms in total. The average molecular weight is 380 g/mol. The van der Waals surface area contributed by atoms with Crippen molar-refractivity contribution in [1.29, 1.82) is 0 Å². The maximum atomic E-state index is 12.4. The Morgan fingerprint density at radius 1 is 1.32 bits per heavy atom. The molecule has 0 bridgehead atoms. The van der Waals surface area contributed by atoms with E-state index in [1.165, 1.54) is 41.5 Å². The minimum Gasteiger partial charge on any atom is -0.355 e. The van der Waals surface area contributed by atoms with Gasteiger partial charge < -0.3 is 10.3 Å². The molecule has 0 saturated carbocycles. The number of hydrogen-bond donors (Lipinski definition) is 2. The van der Waals surface area contributed by atoms with Crippen molar-refractivity contribution in [3.63, 3.8) is 0 Å². The molecule has 1 aliphatic carbocycles. The minimum absolute atomic E-state index is 0.0274. The molecule has 7 heteroatoms. The van der Waals surface area contributed by atoms with Crippen LogP contribution in [0.25, 0.3) is 10.2 Å². The zero-order valence-corrected chi connectivity index (χ0v) is 16.3. The molecule has 1 amide bonds. The number of aromatic nitrogens is 2. The van der Waals surface area contributed by atoms with E-state index in [2.05, 4.69) is 22.2 Å². The number of fused-ring (bicyclic) bond motifs is 3. The van der Waals surface area contributed by atoms with Gasteiger partial charge in [-0.15, -0.1) is 23.1 Å². The van der Waals surface area contributed by atoms with E-state index >= 15 is 0 Å². The number of carbonyl (C=O) groups excluding carboxylic acids is 1. The van der Waals surface area contributed by atoms with Crippen LogP contribution >= 0.6 is 23.1 Å². The molecule has 136 valence electrons. The molecule has 0 fully saturated rings. The molecule has 0 aliphatic heterocycles. The van der Waals surface area contributed by atoms with Gasteiger partial charge in [-0.2, -0.15) is 0 Å². The third kappa shape index (κ3) is 4.64. The molecule has 0 spiro atoms. The first kappa shape index (κ1) is 18.5. The molecule has 2 N–H and O–H groups in total. The summed E-state index contributed by atoms with van der Waals surface area (Å²) in [6.45, 7) is 2.93. The van der Waals surface area contributed by atoms with Crippen molar-refractivity contribution in [3.05, 3.63) is 26.6 Å². The van der Waals surface area contributed by atoms with Gasteiger partial charge in [0.2, 0.25) is 5.91 Å². The number of thiophene rings is 1. The zero-order chi connectivity index (χ0) is 17.6. The smallest absolute Gasteiger partial charge is 0.259 e. The Morgan fingerprint density at radius 2 is 2.20 bits per heavy atom. The normalized spacial score (nSPS) is 13.3. The monoisotopic (exact) mass is 379 g/mol.